The molecule has 2 aromatic heterocycles. The number of hydrogen-bond donors (Lipinski definition) is 0. The lowest BCUT2D eigenvalue weighted by Gasteiger charge is -2.23. The van der Waals surface area contributed by atoms with Crippen LogP contribution in [0.4, 0.5) is 0 Å². The summed E-state index contributed by atoms with van der Waals surface area (Å²) in [5.41, 5.74) is 1.41. The molecule has 1 saturated heterocycles. The van der Waals surface area contributed by atoms with Crippen LogP contribution in [0.25, 0.3) is 11.6 Å². The number of rotatable bonds is 3. The summed E-state index contributed by atoms with van der Waals surface area (Å²) in [4.78, 5) is 20.5. The second-order valence-electron chi connectivity index (χ2n) is 7.64. The van der Waals surface area contributed by atoms with Gasteiger partial charge in [0.25, 0.3) is 0 Å². The normalized spacial score (nSPS) is 19.3. The van der Waals surface area contributed by atoms with E-state index in [0.29, 0.717) is 17.5 Å². The van der Waals surface area contributed by atoms with Gasteiger partial charge in [-0.2, -0.15) is 15.5 Å². The van der Waals surface area contributed by atoms with Gasteiger partial charge < -0.3 is 4.74 Å². The zero-order valence-corrected chi connectivity index (χ0v) is 15.9. The summed E-state index contributed by atoms with van der Waals surface area (Å²) in [6.07, 6.45) is 7.81. The molecule has 3 aromatic rings. The summed E-state index contributed by atoms with van der Waals surface area (Å²) in [6.45, 7) is 3.76. The highest BCUT2D eigenvalue weighted by atomic mass is 16.6. The molecule has 1 aliphatic heterocycles. The van der Waals surface area contributed by atoms with E-state index in [0.717, 1.165) is 16.0 Å². The Balaban J connectivity index is 1.84. The van der Waals surface area contributed by atoms with Crippen LogP contribution < -0.4 is 10.4 Å². The highest BCUT2D eigenvalue weighted by Gasteiger charge is 2.47. The SMILES string of the molecule is CC1(C)C(=O)OC2CC=c3cc(C#N)c(C(n4cncn4)n4cncn4)cc3=C21. The minimum absolute atomic E-state index is 0.228. The summed E-state index contributed by atoms with van der Waals surface area (Å²) >= 11 is 0. The lowest BCUT2D eigenvalue weighted by molar-refractivity contribution is -0.147. The Bertz CT molecular complexity index is 1230. The van der Waals surface area contributed by atoms with Crippen LogP contribution in [0.3, 0.4) is 0 Å². The number of aromatic nitrogens is 6. The van der Waals surface area contributed by atoms with Crippen molar-refractivity contribution in [2.24, 2.45) is 5.41 Å². The number of hydrogen-bond acceptors (Lipinski definition) is 7. The van der Waals surface area contributed by atoms with E-state index in [9.17, 15) is 10.1 Å². The van der Waals surface area contributed by atoms with Crippen molar-refractivity contribution in [2.75, 3.05) is 0 Å². The maximum absolute atomic E-state index is 12.4. The first kappa shape index (κ1) is 17.3. The summed E-state index contributed by atoms with van der Waals surface area (Å²) < 4.78 is 8.85. The van der Waals surface area contributed by atoms with Crippen molar-refractivity contribution < 1.29 is 9.53 Å². The van der Waals surface area contributed by atoms with Gasteiger partial charge in [0.15, 0.2) is 6.17 Å². The van der Waals surface area contributed by atoms with E-state index in [2.05, 4.69) is 26.2 Å². The molecule has 0 amide bonds. The van der Waals surface area contributed by atoms with Crippen LogP contribution in [0.15, 0.2) is 37.4 Å². The van der Waals surface area contributed by atoms with Crippen molar-refractivity contribution in [2.45, 2.75) is 32.5 Å². The van der Waals surface area contributed by atoms with Gasteiger partial charge in [0, 0.05) is 12.0 Å². The second-order valence-corrected chi connectivity index (χ2v) is 7.64. The van der Waals surface area contributed by atoms with Gasteiger partial charge in [-0.05, 0) is 42.0 Å². The van der Waals surface area contributed by atoms with Crippen molar-refractivity contribution in [1.82, 2.24) is 29.5 Å². The number of esters is 1. The van der Waals surface area contributed by atoms with Crippen LogP contribution in [-0.2, 0) is 9.53 Å². The fourth-order valence-corrected chi connectivity index (χ4v) is 4.20. The Kier molecular flexibility index (Phi) is 3.64. The highest BCUT2D eigenvalue weighted by Crippen LogP contribution is 2.41. The van der Waals surface area contributed by atoms with Crippen LogP contribution in [0.1, 0.15) is 37.6 Å². The predicted molar refractivity (Wildman–Crippen MR) is 100 cm³/mol. The van der Waals surface area contributed by atoms with Gasteiger partial charge in [0.1, 0.15) is 31.4 Å². The van der Waals surface area contributed by atoms with Gasteiger partial charge in [-0.3, -0.25) is 4.79 Å². The largest absolute Gasteiger partial charge is 0.457 e. The van der Waals surface area contributed by atoms with Gasteiger partial charge in [0.2, 0.25) is 0 Å². The first-order valence-corrected chi connectivity index (χ1v) is 9.19. The van der Waals surface area contributed by atoms with E-state index in [4.69, 9.17) is 4.74 Å². The van der Waals surface area contributed by atoms with Crippen LogP contribution in [0, 0.1) is 16.7 Å². The van der Waals surface area contributed by atoms with Crippen molar-refractivity contribution in [1.29, 1.82) is 5.26 Å². The van der Waals surface area contributed by atoms with E-state index in [-0.39, 0.29) is 12.1 Å². The quantitative estimate of drug-likeness (QED) is 0.587. The van der Waals surface area contributed by atoms with Crippen LogP contribution >= 0.6 is 0 Å². The van der Waals surface area contributed by atoms with Crippen LogP contribution in [0.2, 0.25) is 0 Å². The molecule has 9 nitrogen and oxygen atoms in total. The van der Waals surface area contributed by atoms with Crippen molar-refractivity contribution in [3.8, 4) is 6.07 Å². The van der Waals surface area contributed by atoms with Crippen LogP contribution in [-0.4, -0.2) is 41.6 Å². The molecule has 2 aliphatic rings. The number of fused-ring (bicyclic) bond motifs is 2. The standard InChI is InChI=1S/C20H17N7O2/c1-20(2)17-14-6-15(18(26-10-22-8-24-26)27-11-23-9-25-27)13(7-21)5-12(14)3-4-16(17)29-19(20)28/h3,5-6,8-11,16,18H,4H2,1-2H3. The topological polar surface area (TPSA) is 112 Å². The lowest BCUT2D eigenvalue weighted by atomic mass is 9.79. The molecule has 0 saturated carbocycles. The summed E-state index contributed by atoms with van der Waals surface area (Å²) in [5.74, 6) is -0.228. The van der Waals surface area contributed by atoms with Gasteiger partial charge in [0.05, 0.1) is 17.0 Å². The molecule has 3 heterocycles. The molecule has 0 N–H and O–H groups in total. The molecule has 0 bridgehead atoms. The number of nitriles is 1. The Labute approximate surface area is 165 Å². The molecule has 5 rings (SSSR count). The molecule has 144 valence electrons. The molecule has 0 radical (unpaired) electrons. The van der Waals surface area contributed by atoms with Gasteiger partial charge in [-0.15, -0.1) is 0 Å². The summed E-state index contributed by atoms with van der Waals surface area (Å²) in [6, 6.07) is 6.09. The van der Waals surface area contributed by atoms with E-state index >= 15 is 0 Å². The number of ether oxygens (including phenoxy) is 1. The predicted octanol–water partition coefficient (Wildman–Crippen LogP) is 0.123. The Morgan fingerprint density at radius 3 is 2.48 bits per heavy atom. The number of carbonyl (C=O) groups excluding carboxylic acids is 1. The highest BCUT2D eigenvalue weighted by molar-refractivity contribution is 5.94. The molecule has 1 unspecified atom stereocenters. The molecule has 1 aromatic carbocycles. The van der Waals surface area contributed by atoms with Gasteiger partial charge in [-0.1, -0.05) is 6.08 Å². The van der Waals surface area contributed by atoms with Crippen molar-refractivity contribution in [3.63, 3.8) is 0 Å². The molecule has 0 spiro atoms. The third-order valence-corrected chi connectivity index (χ3v) is 5.59. The van der Waals surface area contributed by atoms with E-state index in [1.807, 2.05) is 32.1 Å². The smallest absolute Gasteiger partial charge is 0.316 e. The monoisotopic (exact) mass is 387 g/mol. The van der Waals surface area contributed by atoms with Crippen LogP contribution in [0.5, 0.6) is 0 Å². The van der Waals surface area contributed by atoms with Gasteiger partial charge >= 0.3 is 5.97 Å². The average Bonchev–Trinajstić information content (AvgIpc) is 3.45. The Morgan fingerprint density at radius 2 is 1.90 bits per heavy atom. The number of nitrogens with zero attached hydrogens (tertiary/aromatic N) is 7. The Morgan fingerprint density at radius 1 is 1.21 bits per heavy atom. The maximum Gasteiger partial charge on any atom is 0.316 e. The van der Waals surface area contributed by atoms with Crippen molar-refractivity contribution >= 4 is 17.6 Å². The summed E-state index contributed by atoms with van der Waals surface area (Å²) in [7, 11) is 0. The first-order valence-electron chi connectivity index (χ1n) is 9.19. The van der Waals surface area contributed by atoms with Gasteiger partial charge in [-0.25, -0.2) is 19.3 Å². The zero-order chi connectivity index (χ0) is 20.2. The molecule has 9 heteroatoms. The number of benzene rings is 1. The fraction of sp³-hybridized carbons (Fsp3) is 0.300. The third kappa shape index (κ3) is 2.49. The Hall–Kier alpha value is -3.80. The average molecular weight is 387 g/mol. The van der Waals surface area contributed by atoms with E-state index in [1.165, 1.54) is 12.7 Å². The molecule has 1 atom stereocenters. The molecular weight excluding hydrogens is 370 g/mol. The maximum atomic E-state index is 12.4. The van der Waals surface area contributed by atoms with E-state index < -0.39 is 11.6 Å². The summed E-state index contributed by atoms with van der Waals surface area (Å²) in [5, 5.41) is 20.2. The fourth-order valence-electron chi connectivity index (χ4n) is 4.20. The molecule has 1 fully saturated rings. The second kappa shape index (κ2) is 6.10. The zero-order valence-electron chi connectivity index (χ0n) is 15.9. The lowest BCUT2D eigenvalue weighted by Crippen LogP contribution is -2.39. The number of carbonyl (C=O) groups is 1. The molecule has 1 aliphatic carbocycles. The third-order valence-electron chi connectivity index (χ3n) is 5.59. The first-order chi connectivity index (χ1) is 14.0. The minimum Gasteiger partial charge on any atom is -0.457 e. The molecular formula is C20H17N7O2. The van der Waals surface area contributed by atoms with E-state index in [1.54, 1.807) is 22.0 Å². The minimum atomic E-state index is -0.727. The molecule has 29 heavy (non-hydrogen) atoms. The van der Waals surface area contributed by atoms with Crippen molar-refractivity contribution in [3.05, 3.63) is 59.0 Å².